The third kappa shape index (κ3) is 2.05. The topological polar surface area (TPSA) is 0 Å². The summed E-state index contributed by atoms with van der Waals surface area (Å²) in [6.45, 7) is 0. The molecule has 15 heavy (non-hydrogen) atoms. The summed E-state index contributed by atoms with van der Waals surface area (Å²) >= 11 is 1.63. The zero-order valence-corrected chi connectivity index (χ0v) is 9.22. The molecular formula is C13H11FS. The van der Waals surface area contributed by atoms with Gasteiger partial charge in [0.15, 0.2) is 0 Å². The lowest BCUT2D eigenvalue weighted by atomic mass is 10.1. The molecule has 0 aliphatic heterocycles. The Bertz CT molecular complexity index is 466. The number of benzene rings is 2. The highest BCUT2D eigenvalue weighted by Crippen LogP contribution is 2.31. The van der Waals surface area contributed by atoms with Crippen LogP contribution in [0.3, 0.4) is 0 Å². The Morgan fingerprint density at radius 2 is 1.47 bits per heavy atom. The maximum absolute atomic E-state index is 13.6. The predicted octanol–water partition coefficient (Wildman–Crippen LogP) is 4.21. The van der Waals surface area contributed by atoms with Crippen LogP contribution in [-0.4, -0.2) is 6.26 Å². The van der Waals surface area contributed by atoms with Crippen molar-refractivity contribution in [3.63, 3.8) is 0 Å². The van der Waals surface area contributed by atoms with Gasteiger partial charge in [-0.25, -0.2) is 4.39 Å². The molecule has 2 aromatic rings. The van der Waals surface area contributed by atoms with Crippen molar-refractivity contribution in [3.05, 3.63) is 54.3 Å². The van der Waals surface area contributed by atoms with Crippen LogP contribution < -0.4 is 0 Å². The summed E-state index contributed by atoms with van der Waals surface area (Å²) in [5, 5.41) is 0. The van der Waals surface area contributed by atoms with Gasteiger partial charge < -0.3 is 0 Å². The van der Waals surface area contributed by atoms with Gasteiger partial charge in [0, 0.05) is 10.5 Å². The Labute approximate surface area is 93.1 Å². The van der Waals surface area contributed by atoms with E-state index in [0.717, 1.165) is 10.5 Å². The Morgan fingerprint density at radius 1 is 0.867 bits per heavy atom. The van der Waals surface area contributed by atoms with Gasteiger partial charge in [0.2, 0.25) is 0 Å². The smallest absolute Gasteiger partial charge is 0.131 e. The molecule has 0 fully saturated rings. The SMILES string of the molecule is CSc1ccccc1-c1ccccc1F. The first kappa shape index (κ1) is 10.2. The number of hydrogen-bond acceptors (Lipinski definition) is 1. The Hall–Kier alpha value is -1.28. The van der Waals surface area contributed by atoms with Crippen LogP contribution in [-0.2, 0) is 0 Å². The molecule has 0 amide bonds. The van der Waals surface area contributed by atoms with E-state index in [1.165, 1.54) is 6.07 Å². The summed E-state index contributed by atoms with van der Waals surface area (Å²) in [5.41, 5.74) is 1.63. The first-order chi connectivity index (χ1) is 7.33. The van der Waals surface area contributed by atoms with Gasteiger partial charge in [-0.2, -0.15) is 0 Å². The van der Waals surface area contributed by atoms with Crippen molar-refractivity contribution >= 4 is 11.8 Å². The highest BCUT2D eigenvalue weighted by Gasteiger charge is 2.07. The summed E-state index contributed by atoms with van der Waals surface area (Å²) in [6.07, 6.45) is 2.00. The standard InChI is InChI=1S/C13H11FS/c1-15-13-9-5-3-7-11(13)10-6-2-4-8-12(10)14/h2-9H,1H3. The van der Waals surface area contributed by atoms with E-state index in [2.05, 4.69) is 0 Å². The molecule has 0 saturated carbocycles. The lowest BCUT2D eigenvalue weighted by Gasteiger charge is -2.07. The van der Waals surface area contributed by atoms with E-state index in [4.69, 9.17) is 0 Å². The van der Waals surface area contributed by atoms with Crippen LogP contribution in [0.5, 0.6) is 0 Å². The molecule has 0 aliphatic rings. The molecule has 2 aromatic carbocycles. The summed E-state index contributed by atoms with van der Waals surface area (Å²) in [5.74, 6) is -0.168. The fraction of sp³-hybridized carbons (Fsp3) is 0.0769. The number of halogens is 1. The Morgan fingerprint density at radius 3 is 2.13 bits per heavy atom. The third-order valence-electron chi connectivity index (χ3n) is 2.27. The van der Waals surface area contributed by atoms with Crippen molar-refractivity contribution in [3.8, 4) is 11.1 Å². The highest BCUT2D eigenvalue weighted by molar-refractivity contribution is 7.98. The van der Waals surface area contributed by atoms with Crippen molar-refractivity contribution in [2.75, 3.05) is 6.26 Å². The van der Waals surface area contributed by atoms with Crippen LogP contribution in [0.2, 0.25) is 0 Å². The normalized spacial score (nSPS) is 10.3. The molecule has 2 rings (SSSR count). The largest absolute Gasteiger partial charge is 0.206 e. The van der Waals surface area contributed by atoms with Gasteiger partial charge in [-0.05, 0) is 24.0 Å². The molecule has 0 nitrogen and oxygen atoms in total. The molecule has 0 saturated heterocycles. The second-order valence-corrected chi connectivity index (χ2v) is 4.03. The molecule has 0 atom stereocenters. The van der Waals surface area contributed by atoms with Crippen molar-refractivity contribution in [1.82, 2.24) is 0 Å². The molecule has 0 radical (unpaired) electrons. The molecule has 0 spiro atoms. The monoisotopic (exact) mass is 218 g/mol. The molecular weight excluding hydrogens is 207 g/mol. The minimum atomic E-state index is -0.168. The fourth-order valence-electron chi connectivity index (χ4n) is 1.55. The first-order valence-corrected chi connectivity index (χ1v) is 5.93. The van der Waals surface area contributed by atoms with E-state index in [0.29, 0.717) is 5.56 Å². The minimum absolute atomic E-state index is 0.168. The minimum Gasteiger partial charge on any atom is -0.206 e. The summed E-state index contributed by atoms with van der Waals surface area (Å²) in [4.78, 5) is 1.10. The summed E-state index contributed by atoms with van der Waals surface area (Å²) in [6, 6.07) is 14.7. The zero-order valence-electron chi connectivity index (χ0n) is 8.41. The van der Waals surface area contributed by atoms with E-state index in [1.54, 1.807) is 17.8 Å². The van der Waals surface area contributed by atoms with Gasteiger partial charge in [-0.15, -0.1) is 11.8 Å². The van der Waals surface area contributed by atoms with Gasteiger partial charge in [0.25, 0.3) is 0 Å². The maximum atomic E-state index is 13.6. The average molecular weight is 218 g/mol. The molecule has 0 aromatic heterocycles. The van der Waals surface area contributed by atoms with Crippen molar-refractivity contribution < 1.29 is 4.39 Å². The Kier molecular flexibility index (Phi) is 3.07. The van der Waals surface area contributed by atoms with Crippen LogP contribution in [0, 0.1) is 5.82 Å². The van der Waals surface area contributed by atoms with Crippen LogP contribution >= 0.6 is 11.8 Å². The lowest BCUT2D eigenvalue weighted by molar-refractivity contribution is 0.631. The number of rotatable bonds is 2. The van der Waals surface area contributed by atoms with E-state index in [-0.39, 0.29) is 5.82 Å². The van der Waals surface area contributed by atoms with E-state index >= 15 is 0 Å². The highest BCUT2D eigenvalue weighted by atomic mass is 32.2. The third-order valence-corrected chi connectivity index (χ3v) is 3.07. The van der Waals surface area contributed by atoms with E-state index in [1.807, 2.05) is 42.7 Å². The van der Waals surface area contributed by atoms with Crippen LogP contribution in [0.1, 0.15) is 0 Å². The Balaban J connectivity index is 2.59. The van der Waals surface area contributed by atoms with E-state index in [9.17, 15) is 4.39 Å². The molecule has 2 heteroatoms. The van der Waals surface area contributed by atoms with Crippen molar-refractivity contribution in [2.45, 2.75) is 4.90 Å². The molecule has 0 unspecified atom stereocenters. The van der Waals surface area contributed by atoms with Crippen molar-refractivity contribution in [2.24, 2.45) is 0 Å². The van der Waals surface area contributed by atoms with Gasteiger partial charge in [-0.1, -0.05) is 36.4 Å². The molecule has 76 valence electrons. The van der Waals surface area contributed by atoms with Gasteiger partial charge in [0.05, 0.1) is 0 Å². The lowest BCUT2D eigenvalue weighted by Crippen LogP contribution is -1.85. The van der Waals surface area contributed by atoms with Gasteiger partial charge >= 0.3 is 0 Å². The van der Waals surface area contributed by atoms with Crippen LogP contribution in [0.15, 0.2) is 53.4 Å². The van der Waals surface area contributed by atoms with Crippen LogP contribution in [0.4, 0.5) is 4.39 Å². The first-order valence-electron chi connectivity index (χ1n) is 4.71. The van der Waals surface area contributed by atoms with E-state index < -0.39 is 0 Å². The average Bonchev–Trinajstić information content (AvgIpc) is 2.30. The van der Waals surface area contributed by atoms with Gasteiger partial charge in [-0.3, -0.25) is 0 Å². The molecule has 0 N–H and O–H groups in total. The zero-order chi connectivity index (χ0) is 10.7. The number of thioether (sulfide) groups is 1. The summed E-state index contributed by atoms with van der Waals surface area (Å²) < 4.78 is 13.6. The van der Waals surface area contributed by atoms with Crippen LogP contribution in [0.25, 0.3) is 11.1 Å². The predicted molar refractivity (Wildman–Crippen MR) is 63.6 cm³/mol. The second-order valence-electron chi connectivity index (χ2n) is 3.18. The fourth-order valence-corrected chi connectivity index (χ4v) is 2.16. The van der Waals surface area contributed by atoms with Crippen molar-refractivity contribution in [1.29, 1.82) is 0 Å². The molecule has 0 aliphatic carbocycles. The second kappa shape index (κ2) is 4.49. The number of hydrogen-bond donors (Lipinski definition) is 0. The summed E-state index contributed by atoms with van der Waals surface area (Å²) in [7, 11) is 0. The molecule has 0 heterocycles. The maximum Gasteiger partial charge on any atom is 0.131 e. The molecule has 0 bridgehead atoms. The van der Waals surface area contributed by atoms with Gasteiger partial charge in [0.1, 0.15) is 5.82 Å². The quantitative estimate of drug-likeness (QED) is 0.680.